The van der Waals surface area contributed by atoms with E-state index in [1.807, 2.05) is 42.2 Å². The van der Waals surface area contributed by atoms with Crippen molar-refractivity contribution in [3.05, 3.63) is 71.6 Å². The van der Waals surface area contributed by atoms with Crippen molar-refractivity contribution < 1.29 is 14.1 Å². The van der Waals surface area contributed by atoms with Crippen LogP contribution >= 0.6 is 0 Å². The molecule has 0 aliphatic carbocycles. The Labute approximate surface area is 186 Å². The van der Waals surface area contributed by atoms with Crippen LogP contribution < -0.4 is 10.9 Å². The van der Waals surface area contributed by atoms with Crippen LogP contribution in [0.4, 0.5) is 0 Å². The first kappa shape index (κ1) is 21.7. The fourth-order valence-corrected chi connectivity index (χ4v) is 3.47. The van der Waals surface area contributed by atoms with Gasteiger partial charge in [-0.2, -0.15) is 4.98 Å². The molecule has 4 rings (SSSR count). The Morgan fingerprint density at radius 3 is 2.34 bits per heavy atom. The summed E-state index contributed by atoms with van der Waals surface area (Å²) < 4.78 is 5.41. The van der Waals surface area contributed by atoms with Gasteiger partial charge in [0.2, 0.25) is 11.7 Å². The summed E-state index contributed by atoms with van der Waals surface area (Å²) >= 11 is 0. The lowest BCUT2D eigenvalue weighted by Gasteiger charge is -2.33. The van der Waals surface area contributed by atoms with Crippen LogP contribution in [0.1, 0.15) is 21.8 Å². The standard InChI is InChI=1S/C23H26N6O3/c1-17-7-9-18(10-8-17)22-24-21(32-27-22)16-29-13-11-28(12-14-29)15-20(30)25-26-23(31)19-5-3-2-4-6-19/h2-10H,11-16H2,1H3,(H,25,30)(H,26,31). The molecule has 1 aromatic heterocycles. The van der Waals surface area contributed by atoms with Crippen LogP contribution in [0.5, 0.6) is 0 Å². The number of hydrogen-bond acceptors (Lipinski definition) is 7. The van der Waals surface area contributed by atoms with Gasteiger partial charge in [-0.1, -0.05) is 53.2 Å². The molecule has 1 fully saturated rings. The van der Waals surface area contributed by atoms with Gasteiger partial charge in [0.25, 0.3) is 11.8 Å². The molecule has 0 atom stereocenters. The zero-order valence-electron chi connectivity index (χ0n) is 18.0. The second-order valence-electron chi connectivity index (χ2n) is 7.80. The summed E-state index contributed by atoms with van der Waals surface area (Å²) in [5.74, 6) is 0.582. The summed E-state index contributed by atoms with van der Waals surface area (Å²) in [5.41, 5.74) is 7.53. The Morgan fingerprint density at radius 2 is 1.62 bits per heavy atom. The second kappa shape index (κ2) is 10.2. The quantitative estimate of drug-likeness (QED) is 0.568. The van der Waals surface area contributed by atoms with Gasteiger partial charge in [0.1, 0.15) is 0 Å². The van der Waals surface area contributed by atoms with Crippen molar-refractivity contribution >= 4 is 11.8 Å². The number of rotatable bonds is 6. The average molecular weight is 435 g/mol. The van der Waals surface area contributed by atoms with Crippen LogP contribution in [0.3, 0.4) is 0 Å². The molecule has 0 spiro atoms. The number of carbonyl (C=O) groups is 2. The number of nitrogens with one attached hydrogen (secondary N) is 2. The van der Waals surface area contributed by atoms with Crippen LogP contribution in [-0.4, -0.2) is 64.5 Å². The summed E-state index contributed by atoms with van der Waals surface area (Å²) in [6.07, 6.45) is 0. The van der Waals surface area contributed by atoms with Crippen molar-refractivity contribution in [3.63, 3.8) is 0 Å². The Balaban J connectivity index is 1.19. The van der Waals surface area contributed by atoms with E-state index in [2.05, 4.69) is 25.9 Å². The molecule has 1 saturated heterocycles. The number of benzene rings is 2. The first-order valence-corrected chi connectivity index (χ1v) is 10.6. The second-order valence-corrected chi connectivity index (χ2v) is 7.80. The SMILES string of the molecule is Cc1ccc(-c2noc(CN3CCN(CC(=O)NNC(=O)c4ccccc4)CC3)n2)cc1. The maximum Gasteiger partial charge on any atom is 0.269 e. The number of amides is 2. The lowest BCUT2D eigenvalue weighted by molar-refractivity contribution is -0.123. The molecule has 1 aliphatic rings. The molecule has 3 aromatic rings. The summed E-state index contributed by atoms with van der Waals surface area (Å²) in [5, 5.41) is 4.08. The molecule has 9 heteroatoms. The van der Waals surface area contributed by atoms with E-state index in [1.54, 1.807) is 24.3 Å². The molecule has 32 heavy (non-hydrogen) atoms. The topological polar surface area (TPSA) is 104 Å². The number of aryl methyl sites for hydroxylation is 1. The van der Waals surface area contributed by atoms with Crippen molar-refractivity contribution in [2.24, 2.45) is 0 Å². The maximum atomic E-state index is 12.2. The average Bonchev–Trinajstić information content (AvgIpc) is 3.28. The zero-order chi connectivity index (χ0) is 22.3. The van der Waals surface area contributed by atoms with E-state index in [0.29, 0.717) is 23.8 Å². The molecule has 1 aliphatic heterocycles. The minimum absolute atomic E-state index is 0.223. The van der Waals surface area contributed by atoms with Crippen LogP contribution in [0.2, 0.25) is 0 Å². The number of aromatic nitrogens is 2. The van der Waals surface area contributed by atoms with Gasteiger partial charge < -0.3 is 4.52 Å². The smallest absolute Gasteiger partial charge is 0.269 e. The van der Waals surface area contributed by atoms with Crippen molar-refractivity contribution in [2.75, 3.05) is 32.7 Å². The van der Waals surface area contributed by atoms with E-state index in [-0.39, 0.29) is 18.4 Å². The van der Waals surface area contributed by atoms with Gasteiger partial charge in [-0.15, -0.1) is 0 Å². The summed E-state index contributed by atoms with van der Waals surface area (Å²) in [4.78, 5) is 32.9. The van der Waals surface area contributed by atoms with E-state index in [0.717, 1.165) is 31.7 Å². The highest BCUT2D eigenvalue weighted by Crippen LogP contribution is 2.17. The van der Waals surface area contributed by atoms with Gasteiger partial charge in [-0.05, 0) is 19.1 Å². The Hall–Kier alpha value is -3.56. The molecule has 2 aromatic carbocycles. The van der Waals surface area contributed by atoms with Gasteiger partial charge >= 0.3 is 0 Å². The molecule has 2 N–H and O–H groups in total. The minimum atomic E-state index is -0.340. The number of hydrogen-bond donors (Lipinski definition) is 2. The number of hydrazine groups is 1. The van der Waals surface area contributed by atoms with Crippen molar-refractivity contribution in [3.8, 4) is 11.4 Å². The number of nitrogens with zero attached hydrogens (tertiary/aromatic N) is 4. The highest BCUT2D eigenvalue weighted by molar-refractivity contribution is 5.95. The highest BCUT2D eigenvalue weighted by atomic mass is 16.5. The van der Waals surface area contributed by atoms with Crippen molar-refractivity contribution in [1.82, 2.24) is 30.8 Å². The molecule has 166 valence electrons. The molecular weight excluding hydrogens is 408 g/mol. The normalized spacial score (nSPS) is 14.8. The molecule has 9 nitrogen and oxygen atoms in total. The number of piperazine rings is 1. The van der Waals surface area contributed by atoms with Gasteiger partial charge in [0.05, 0.1) is 13.1 Å². The molecular formula is C23H26N6O3. The third-order valence-corrected chi connectivity index (χ3v) is 5.32. The summed E-state index contributed by atoms with van der Waals surface area (Å²) in [6, 6.07) is 16.8. The van der Waals surface area contributed by atoms with Crippen LogP contribution in [-0.2, 0) is 11.3 Å². The van der Waals surface area contributed by atoms with Crippen LogP contribution in [0, 0.1) is 6.92 Å². The van der Waals surface area contributed by atoms with E-state index in [4.69, 9.17) is 4.52 Å². The fourth-order valence-electron chi connectivity index (χ4n) is 3.47. The molecule has 0 saturated carbocycles. The van der Waals surface area contributed by atoms with E-state index >= 15 is 0 Å². The van der Waals surface area contributed by atoms with Gasteiger partial charge in [-0.3, -0.25) is 30.2 Å². The lowest BCUT2D eigenvalue weighted by Crippen LogP contribution is -2.51. The van der Waals surface area contributed by atoms with Crippen LogP contribution in [0.25, 0.3) is 11.4 Å². The van der Waals surface area contributed by atoms with Crippen LogP contribution in [0.15, 0.2) is 59.1 Å². The van der Waals surface area contributed by atoms with E-state index in [9.17, 15) is 9.59 Å². The van der Waals surface area contributed by atoms with E-state index < -0.39 is 0 Å². The lowest BCUT2D eigenvalue weighted by atomic mass is 10.1. The monoisotopic (exact) mass is 434 g/mol. The van der Waals surface area contributed by atoms with E-state index in [1.165, 1.54) is 5.56 Å². The van der Waals surface area contributed by atoms with Gasteiger partial charge in [-0.25, -0.2) is 0 Å². The Morgan fingerprint density at radius 1 is 0.938 bits per heavy atom. The molecule has 0 unspecified atom stereocenters. The largest absolute Gasteiger partial charge is 0.338 e. The highest BCUT2D eigenvalue weighted by Gasteiger charge is 2.21. The zero-order valence-corrected chi connectivity index (χ0v) is 18.0. The van der Waals surface area contributed by atoms with Crippen molar-refractivity contribution in [1.29, 1.82) is 0 Å². The number of carbonyl (C=O) groups excluding carboxylic acids is 2. The molecule has 2 amide bonds. The Bertz CT molecular complexity index is 1040. The Kier molecular flexibility index (Phi) is 6.88. The third kappa shape index (κ3) is 5.77. The molecule has 2 heterocycles. The summed E-state index contributed by atoms with van der Waals surface area (Å²) in [7, 11) is 0. The third-order valence-electron chi connectivity index (χ3n) is 5.32. The predicted octanol–water partition coefficient (Wildman–Crippen LogP) is 1.62. The van der Waals surface area contributed by atoms with Crippen molar-refractivity contribution in [2.45, 2.75) is 13.5 Å². The predicted molar refractivity (Wildman–Crippen MR) is 118 cm³/mol. The molecule has 0 bridgehead atoms. The first-order valence-electron chi connectivity index (χ1n) is 10.6. The first-order chi connectivity index (χ1) is 15.6. The summed E-state index contributed by atoms with van der Waals surface area (Å²) in [6.45, 7) is 5.87. The maximum absolute atomic E-state index is 12.2. The fraction of sp³-hybridized carbons (Fsp3) is 0.304. The van der Waals surface area contributed by atoms with Gasteiger partial charge in [0, 0.05) is 37.3 Å². The molecule has 0 radical (unpaired) electrons. The minimum Gasteiger partial charge on any atom is -0.338 e. The van der Waals surface area contributed by atoms with Gasteiger partial charge in [0.15, 0.2) is 0 Å².